The van der Waals surface area contributed by atoms with E-state index in [2.05, 4.69) is 59.8 Å². The molecule has 812 valence electrons. The number of aryl methyl sites for hydroxylation is 3. The first-order valence-corrected chi connectivity index (χ1v) is 55.5. The van der Waals surface area contributed by atoms with Crippen LogP contribution in [0.3, 0.4) is 0 Å². The van der Waals surface area contributed by atoms with Crippen molar-refractivity contribution >= 4 is 128 Å². The SMILES string of the molecule is CC[C@H]1O[C@@H](n2cnc3c(N)ncnc32)CC1OP(O)(=S)OC[C@H]1O[C@@H](n2cc(C)c(=O)[nH]c2=O)[C@@H](OCCOC)C1OP(=O)(O)OC[C@H]1O[C@@H](n2cnc3c(=O)[nH]c(N)nc32)[C@@H](OCCOC)C1OP(=O)(O)OC[C@H]1O[C@@H](n2cc(C)c(=O)[nH]c2=O)[C@@H](OCCOC)C1OP(O)(=S)OC[C@H]1O[C@@H](n2cnc3c(=O)[nH]c(N)nc32)[C@@H](OCCOC)C1OP(O)(=S)OC[C@H]1O[C@@H](n2cc(C)c(N)nc2=O)[C@@H](OCCOC)C1O. The molecule has 11 unspecified atom stereocenters. The molecule has 71 heteroatoms. The molecule has 0 bridgehead atoms. The average molecular weight is 2240 g/mol. The van der Waals surface area contributed by atoms with Gasteiger partial charge in [0.1, 0.15) is 115 Å². The summed E-state index contributed by atoms with van der Waals surface area (Å²) in [6, 6.07) is 0. The van der Waals surface area contributed by atoms with E-state index in [0.717, 1.165) is 43.3 Å². The van der Waals surface area contributed by atoms with E-state index in [1.54, 1.807) is 18.4 Å². The van der Waals surface area contributed by atoms with Gasteiger partial charge in [0, 0.05) is 77.3 Å². The number of rotatable bonds is 52. The number of H-pyrrole nitrogens is 4. The fourth-order valence-corrected chi connectivity index (χ4v) is 23.1. The Morgan fingerprint density at radius 2 is 0.748 bits per heavy atom. The number of aliphatic hydroxyl groups excluding tert-OH is 1. The number of nitrogens with zero attached hydrogens (tertiary/aromatic N) is 14. The summed E-state index contributed by atoms with van der Waals surface area (Å²) in [5.41, 5.74) is 17.4. The Morgan fingerprint density at radius 1 is 0.388 bits per heavy atom. The monoisotopic (exact) mass is 2240 g/mol. The van der Waals surface area contributed by atoms with E-state index in [1.807, 2.05) is 0 Å². The second-order valence-electron chi connectivity index (χ2n) is 33.6. The molecule has 147 heavy (non-hydrogen) atoms. The molecule has 0 radical (unpaired) electrons. The van der Waals surface area contributed by atoms with Crippen molar-refractivity contribution in [2.45, 2.75) is 182 Å². The van der Waals surface area contributed by atoms with Crippen LogP contribution in [0.5, 0.6) is 0 Å². The quantitative estimate of drug-likeness (QED) is 0.0136. The maximum Gasteiger partial charge on any atom is 0.472 e. The number of imidazole rings is 3. The molecule has 0 aliphatic carbocycles. The van der Waals surface area contributed by atoms with Crippen LogP contribution in [-0.4, -0.2) is 355 Å². The average Bonchev–Trinajstić information content (AvgIpc) is 1.60. The number of phosphoric acid groups is 2. The van der Waals surface area contributed by atoms with E-state index >= 15 is 9.13 Å². The summed E-state index contributed by atoms with van der Waals surface area (Å²) in [7, 11) is -5.20. The lowest BCUT2D eigenvalue weighted by Crippen LogP contribution is -2.42. The molecule has 6 aliphatic rings. The molecule has 9 aromatic rings. The summed E-state index contributed by atoms with van der Waals surface area (Å²) in [5, 5.41) is 11.8. The van der Waals surface area contributed by atoms with E-state index in [1.165, 1.54) is 72.8 Å². The summed E-state index contributed by atoms with van der Waals surface area (Å²) < 4.78 is 194. The zero-order valence-electron chi connectivity index (χ0n) is 79.3. The largest absolute Gasteiger partial charge is 0.472 e. The molecule has 6 saturated heterocycles. The summed E-state index contributed by atoms with van der Waals surface area (Å²) in [6.07, 6.45) is -28.8. The third-order valence-electron chi connectivity index (χ3n) is 23.8. The summed E-state index contributed by atoms with van der Waals surface area (Å²) in [5.74, 6) is -0.836. The van der Waals surface area contributed by atoms with Crippen molar-refractivity contribution in [3.8, 4) is 0 Å². The highest BCUT2D eigenvalue weighted by Gasteiger charge is 2.59. The molecule has 15 rings (SSSR count). The normalized spacial score (nSPS) is 29.0. The molecule has 9 aromatic heterocycles. The Labute approximate surface area is 843 Å². The van der Waals surface area contributed by atoms with Gasteiger partial charge in [0.15, 0.2) is 64.9 Å². The van der Waals surface area contributed by atoms with Crippen LogP contribution in [0.15, 0.2) is 77.5 Å². The van der Waals surface area contributed by atoms with Gasteiger partial charge in [-0.25, -0.2) is 48.4 Å². The Balaban J connectivity index is 0.726. The summed E-state index contributed by atoms with van der Waals surface area (Å²) >= 11 is 17.1. The molecule has 63 nitrogen and oxygen atoms in total. The van der Waals surface area contributed by atoms with Gasteiger partial charge >= 0.3 is 52.9 Å². The number of aromatic nitrogens is 18. The van der Waals surface area contributed by atoms with Crippen molar-refractivity contribution in [2.75, 3.05) is 158 Å². The number of phosphoric ester groups is 2. The van der Waals surface area contributed by atoms with Crippen molar-refractivity contribution in [1.82, 2.24) is 87.2 Å². The maximum atomic E-state index is 15.5. The first-order valence-electron chi connectivity index (χ1n) is 44.8. The number of ether oxygens (including phenoxy) is 16. The fraction of sp³-hybridized carbons (Fsp3) is 0.645. The Bertz CT molecular complexity index is 6840. The molecule has 0 amide bonds. The molecule has 15 heterocycles. The van der Waals surface area contributed by atoms with E-state index < -0.39 is 268 Å². The number of fused-ring (bicyclic) bond motifs is 3. The van der Waals surface area contributed by atoms with Crippen LogP contribution in [0.4, 0.5) is 23.5 Å². The molecular formula is C76H109N22O41P5S3. The minimum absolute atomic E-state index is 0.0274. The van der Waals surface area contributed by atoms with Crippen molar-refractivity contribution in [3.05, 3.63) is 133 Å². The van der Waals surface area contributed by atoms with Crippen LogP contribution in [0.2, 0.25) is 0 Å². The topological polar surface area (TPSA) is 815 Å². The lowest BCUT2D eigenvalue weighted by molar-refractivity contribution is -0.0840. The van der Waals surface area contributed by atoms with Gasteiger partial charge in [-0.2, -0.15) is 15.0 Å². The van der Waals surface area contributed by atoms with Gasteiger partial charge in [-0.3, -0.25) is 93.7 Å². The molecule has 28 atom stereocenters. The van der Waals surface area contributed by atoms with Crippen molar-refractivity contribution in [3.63, 3.8) is 0 Å². The number of aromatic amines is 4. The van der Waals surface area contributed by atoms with Crippen molar-refractivity contribution in [2.24, 2.45) is 0 Å². The number of nitrogens with one attached hydrogen (secondary N) is 4. The van der Waals surface area contributed by atoms with Crippen LogP contribution < -0.4 is 62.2 Å². The predicted octanol–water partition coefficient (Wildman–Crippen LogP) is -2.73. The number of anilines is 4. The van der Waals surface area contributed by atoms with Gasteiger partial charge in [-0.1, -0.05) is 6.92 Å². The number of hydrogen-bond acceptors (Lipinski definition) is 51. The van der Waals surface area contributed by atoms with Crippen molar-refractivity contribution < 1.29 is 160 Å². The minimum atomic E-state index is -5.98. The molecule has 18 N–H and O–H groups in total. The first kappa shape index (κ1) is 113. The second-order valence-corrected chi connectivity index (χ2v) is 44.7. The lowest BCUT2D eigenvalue weighted by atomic mass is 10.1. The van der Waals surface area contributed by atoms with Crippen LogP contribution in [0.25, 0.3) is 33.5 Å². The Morgan fingerprint density at radius 3 is 1.17 bits per heavy atom. The predicted molar refractivity (Wildman–Crippen MR) is 510 cm³/mol. The number of aliphatic hydroxyl groups is 1. The van der Waals surface area contributed by atoms with Gasteiger partial charge < -0.3 is 146 Å². The number of hydrogen-bond donors (Lipinski definition) is 14. The van der Waals surface area contributed by atoms with Gasteiger partial charge in [-0.05, 0) is 62.6 Å². The zero-order chi connectivity index (χ0) is 106. The van der Waals surface area contributed by atoms with Crippen LogP contribution in [0, 0.1) is 20.8 Å². The summed E-state index contributed by atoms with van der Waals surface area (Å²) in [4.78, 5) is 199. The number of nitrogen functional groups attached to an aromatic ring is 4. The van der Waals surface area contributed by atoms with E-state index in [-0.39, 0.29) is 116 Å². The van der Waals surface area contributed by atoms with Crippen molar-refractivity contribution in [1.29, 1.82) is 0 Å². The highest BCUT2D eigenvalue weighted by molar-refractivity contribution is 8.07. The second kappa shape index (κ2) is 48.4. The zero-order valence-corrected chi connectivity index (χ0v) is 86.3. The molecule has 0 spiro atoms. The van der Waals surface area contributed by atoms with Crippen LogP contribution in [-0.2, 0) is 166 Å². The van der Waals surface area contributed by atoms with Crippen LogP contribution >= 0.6 is 35.8 Å². The maximum absolute atomic E-state index is 15.5. The van der Waals surface area contributed by atoms with Gasteiger partial charge in [-0.15, -0.1) is 0 Å². The third-order valence-corrected chi connectivity index (χ3v) is 30.4. The minimum Gasteiger partial charge on any atom is -0.387 e. The highest BCUT2D eigenvalue weighted by Crippen LogP contribution is 2.58. The van der Waals surface area contributed by atoms with E-state index in [9.17, 15) is 63.1 Å². The number of nitrogens with two attached hydrogens (primary N) is 4. The van der Waals surface area contributed by atoms with Crippen LogP contribution in [0.1, 0.15) is 73.8 Å². The Hall–Kier alpha value is -8.18. The fourth-order valence-electron chi connectivity index (χ4n) is 16.9. The highest BCUT2D eigenvalue weighted by atomic mass is 32.5. The molecule has 6 fully saturated rings. The molecule has 0 aromatic carbocycles. The van der Waals surface area contributed by atoms with Gasteiger partial charge in [0.2, 0.25) is 11.9 Å². The molecule has 6 aliphatic heterocycles. The van der Waals surface area contributed by atoms with E-state index in [0.29, 0.717) is 17.6 Å². The standard InChI is InChI=1S/C76H109N22O41P5S3/c1-10-37-38(21-44(129-37)96-31-83-45-59(78)81-30-82-60(45)96)135-142(111,145)127-28-42-50(54(120-17-12-115-6)68(132-42)94-23-35(3)63(100)91-75(94)105)137-140(107,108)124-26-40-49(55(121-18-13-116-7)70(133-40)97-32-84-46-61(97)87-72(79)89-65(46)102)136-141(109,110)125-27-41-51(56(122-19-14-117-8)69(131-41)95-24-36(4)64(101)92-76(95)106)138-144(113,147)128-29-43-52(57(123-20-15-118-9)71(134-43)98-33-85-47-62(98)88-73(80)90-66(47)103)139-143(112,146)126-25-39-48(99)53(119-16-11-114-5)67(130-39)93-22-34(2)58(77)86-74(93)104/h22-24,30-33,37-44,48-57,67-71,99H,10-21,25-29H2,1-9H3,(H,107,108)(H,109,110)(H,111,145)(H,112,146)(H,113,147)(H2,77,86,104)(H2,78,81,82)(H,91,100,105)(H,92,101,106)(H3,79,87,89,102)(H3,80,88,90,103)/t37-,38?,39-,40-,41-,42-,43-,44-,48?,49?,50?,51?,52?,53+,54+,55+,56+,57+,67-,68-,69-,70-,71-,142?,143?,144?/m1/s1. The smallest absolute Gasteiger partial charge is 0.387 e. The van der Waals surface area contributed by atoms with Gasteiger partial charge in [0.25, 0.3) is 22.2 Å². The van der Waals surface area contributed by atoms with E-state index in [4.69, 9.17) is 179 Å². The first-order chi connectivity index (χ1) is 70.0. The summed E-state index contributed by atoms with van der Waals surface area (Å²) in [6.45, 7) is -16.0. The number of methoxy groups -OCH3 is 5. The Kier molecular flexibility index (Phi) is 37.2. The lowest BCUT2D eigenvalue weighted by Gasteiger charge is -2.30. The third kappa shape index (κ3) is 26.3. The van der Waals surface area contributed by atoms with Gasteiger partial charge in [0.05, 0.1) is 130 Å². The molecular weight excluding hydrogens is 2130 g/mol. The molecule has 0 saturated carbocycles.